The number of ether oxygens (including phenoxy) is 1. The summed E-state index contributed by atoms with van der Waals surface area (Å²) in [7, 11) is 1.32. The molecule has 1 amide bonds. The molecule has 0 aliphatic carbocycles. The molecule has 2 aromatic carbocycles. The van der Waals surface area contributed by atoms with Gasteiger partial charge in [0.15, 0.2) is 0 Å². The summed E-state index contributed by atoms with van der Waals surface area (Å²) in [6, 6.07) is 11.6. The van der Waals surface area contributed by atoms with E-state index in [9.17, 15) is 9.59 Å². The van der Waals surface area contributed by atoms with E-state index in [0.29, 0.717) is 22.5 Å². The molecule has 108 valence electrons. The predicted molar refractivity (Wildman–Crippen MR) is 81.3 cm³/mol. The van der Waals surface area contributed by atoms with Crippen LogP contribution in [0.5, 0.6) is 0 Å². The minimum atomic E-state index is -0.415. The molecule has 0 heterocycles. The van der Waals surface area contributed by atoms with Crippen molar-refractivity contribution in [3.8, 4) is 0 Å². The number of carbonyl (C=O) groups is 2. The molecule has 0 aliphatic rings. The monoisotopic (exact) mass is 284 g/mol. The number of esters is 1. The Hall–Kier alpha value is -2.82. The Morgan fingerprint density at radius 2 is 1.76 bits per heavy atom. The zero-order valence-electron chi connectivity index (χ0n) is 11.8. The van der Waals surface area contributed by atoms with Crippen molar-refractivity contribution in [3.05, 3.63) is 59.2 Å². The first-order valence-corrected chi connectivity index (χ1v) is 6.37. The molecular formula is C16H16N2O3. The summed E-state index contributed by atoms with van der Waals surface area (Å²) in [5.74, 6) is -0.638. The number of carbonyl (C=O) groups excluding carboxylic acids is 2. The SMILES string of the molecule is COC(=O)c1ccc(NC(=O)c2ccc(N)cc2C)cc1. The van der Waals surface area contributed by atoms with E-state index in [2.05, 4.69) is 10.1 Å². The lowest BCUT2D eigenvalue weighted by molar-refractivity contribution is 0.0600. The first-order chi connectivity index (χ1) is 10.0. The van der Waals surface area contributed by atoms with Crippen molar-refractivity contribution >= 4 is 23.3 Å². The largest absolute Gasteiger partial charge is 0.465 e. The van der Waals surface area contributed by atoms with Crippen molar-refractivity contribution in [2.24, 2.45) is 0 Å². The van der Waals surface area contributed by atoms with Gasteiger partial charge in [0, 0.05) is 16.9 Å². The fourth-order valence-corrected chi connectivity index (χ4v) is 1.95. The molecule has 0 saturated heterocycles. The summed E-state index contributed by atoms with van der Waals surface area (Å²) in [5, 5.41) is 2.77. The zero-order chi connectivity index (χ0) is 15.4. The number of benzene rings is 2. The number of nitrogens with two attached hydrogens (primary N) is 1. The number of hydrogen-bond acceptors (Lipinski definition) is 4. The first-order valence-electron chi connectivity index (χ1n) is 6.37. The van der Waals surface area contributed by atoms with Crippen molar-refractivity contribution in [2.45, 2.75) is 6.92 Å². The van der Waals surface area contributed by atoms with Gasteiger partial charge < -0.3 is 15.8 Å². The van der Waals surface area contributed by atoms with Gasteiger partial charge in [-0.15, -0.1) is 0 Å². The van der Waals surface area contributed by atoms with E-state index in [4.69, 9.17) is 5.73 Å². The van der Waals surface area contributed by atoms with Crippen molar-refractivity contribution < 1.29 is 14.3 Å². The molecule has 0 saturated carbocycles. The van der Waals surface area contributed by atoms with Gasteiger partial charge in [0.05, 0.1) is 12.7 Å². The quantitative estimate of drug-likeness (QED) is 0.670. The summed E-state index contributed by atoms with van der Waals surface area (Å²) >= 11 is 0. The van der Waals surface area contributed by atoms with Crippen LogP contribution in [0.15, 0.2) is 42.5 Å². The smallest absolute Gasteiger partial charge is 0.337 e. The maximum absolute atomic E-state index is 12.2. The minimum absolute atomic E-state index is 0.224. The number of methoxy groups -OCH3 is 1. The zero-order valence-corrected chi connectivity index (χ0v) is 11.8. The number of amides is 1. The molecule has 0 aliphatic heterocycles. The van der Waals surface area contributed by atoms with Crippen LogP contribution >= 0.6 is 0 Å². The van der Waals surface area contributed by atoms with E-state index in [1.807, 2.05) is 6.92 Å². The van der Waals surface area contributed by atoms with Gasteiger partial charge in [-0.25, -0.2) is 4.79 Å². The minimum Gasteiger partial charge on any atom is -0.465 e. The van der Waals surface area contributed by atoms with Crippen LogP contribution in [0.4, 0.5) is 11.4 Å². The van der Waals surface area contributed by atoms with Gasteiger partial charge in [-0.2, -0.15) is 0 Å². The van der Waals surface area contributed by atoms with E-state index in [0.717, 1.165) is 5.56 Å². The number of nitrogens with one attached hydrogen (secondary N) is 1. The first kappa shape index (κ1) is 14.6. The molecule has 3 N–H and O–H groups in total. The van der Waals surface area contributed by atoms with Crippen molar-refractivity contribution in [1.82, 2.24) is 0 Å². The molecule has 0 radical (unpaired) electrons. The Kier molecular flexibility index (Phi) is 4.23. The van der Waals surface area contributed by atoms with Gasteiger partial charge in [0.1, 0.15) is 0 Å². The van der Waals surface area contributed by atoms with Crippen molar-refractivity contribution in [2.75, 3.05) is 18.2 Å². The van der Waals surface area contributed by atoms with E-state index in [1.54, 1.807) is 42.5 Å². The van der Waals surface area contributed by atoms with Crippen LogP contribution < -0.4 is 11.1 Å². The van der Waals surface area contributed by atoms with Crippen LogP contribution in [0.3, 0.4) is 0 Å². The van der Waals surface area contributed by atoms with E-state index in [1.165, 1.54) is 7.11 Å². The number of rotatable bonds is 3. The van der Waals surface area contributed by atoms with Crippen LogP contribution in [-0.4, -0.2) is 19.0 Å². The van der Waals surface area contributed by atoms with E-state index in [-0.39, 0.29) is 5.91 Å². The Bertz CT molecular complexity index is 678. The second-order valence-electron chi connectivity index (χ2n) is 4.60. The Morgan fingerprint density at radius 1 is 1.10 bits per heavy atom. The Balaban J connectivity index is 2.14. The fourth-order valence-electron chi connectivity index (χ4n) is 1.95. The number of anilines is 2. The van der Waals surface area contributed by atoms with Crippen LogP contribution in [0.2, 0.25) is 0 Å². The lowest BCUT2D eigenvalue weighted by Crippen LogP contribution is -2.13. The molecule has 21 heavy (non-hydrogen) atoms. The standard InChI is InChI=1S/C16H16N2O3/c1-10-9-12(17)5-8-14(10)15(19)18-13-6-3-11(4-7-13)16(20)21-2/h3-9H,17H2,1-2H3,(H,18,19). The number of aryl methyl sites for hydroxylation is 1. The summed E-state index contributed by atoms with van der Waals surface area (Å²) in [4.78, 5) is 23.5. The van der Waals surface area contributed by atoms with Crippen LogP contribution in [-0.2, 0) is 4.74 Å². The highest BCUT2D eigenvalue weighted by molar-refractivity contribution is 6.05. The maximum Gasteiger partial charge on any atom is 0.337 e. The molecule has 0 bridgehead atoms. The second-order valence-corrected chi connectivity index (χ2v) is 4.60. The molecule has 0 aromatic heterocycles. The van der Waals surface area contributed by atoms with Gasteiger partial charge in [-0.3, -0.25) is 4.79 Å². The van der Waals surface area contributed by atoms with Gasteiger partial charge >= 0.3 is 5.97 Å². The average Bonchev–Trinajstić information content (AvgIpc) is 2.47. The van der Waals surface area contributed by atoms with Gasteiger partial charge in [-0.05, 0) is 55.0 Å². The highest BCUT2D eigenvalue weighted by Crippen LogP contribution is 2.16. The fraction of sp³-hybridized carbons (Fsp3) is 0.125. The summed E-state index contributed by atoms with van der Waals surface area (Å²) in [5.41, 5.74) is 8.67. The van der Waals surface area contributed by atoms with Crippen LogP contribution in [0, 0.1) is 6.92 Å². The molecule has 0 atom stereocenters. The topological polar surface area (TPSA) is 81.4 Å². The Morgan fingerprint density at radius 3 is 2.33 bits per heavy atom. The molecule has 0 fully saturated rings. The second kappa shape index (κ2) is 6.09. The normalized spacial score (nSPS) is 10.0. The third-order valence-corrected chi connectivity index (χ3v) is 3.06. The molecule has 0 spiro atoms. The predicted octanol–water partition coefficient (Wildman–Crippen LogP) is 2.62. The third kappa shape index (κ3) is 3.39. The highest BCUT2D eigenvalue weighted by Gasteiger charge is 2.10. The van der Waals surface area contributed by atoms with Crippen molar-refractivity contribution in [3.63, 3.8) is 0 Å². The molecule has 2 aromatic rings. The van der Waals surface area contributed by atoms with E-state index < -0.39 is 5.97 Å². The molecule has 5 nitrogen and oxygen atoms in total. The van der Waals surface area contributed by atoms with Crippen LogP contribution in [0.25, 0.3) is 0 Å². The average molecular weight is 284 g/mol. The van der Waals surface area contributed by atoms with Gasteiger partial charge in [0.25, 0.3) is 5.91 Å². The summed E-state index contributed by atoms with van der Waals surface area (Å²) in [6.07, 6.45) is 0. The summed E-state index contributed by atoms with van der Waals surface area (Å²) in [6.45, 7) is 1.83. The molecule has 5 heteroatoms. The van der Waals surface area contributed by atoms with Crippen molar-refractivity contribution in [1.29, 1.82) is 0 Å². The Labute approximate surface area is 122 Å². The number of nitrogen functional groups attached to an aromatic ring is 1. The van der Waals surface area contributed by atoms with Gasteiger partial charge in [-0.1, -0.05) is 0 Å². The van der Waals surface area contributed by atoms with E-state index >= 15 is 0 Å². The maximum atomic E-state index is 12.2. The molecule has 0 unspecified atom stereocenters. The lowest BCUT2D eigenvalue weighted by atomic mass is 10.1. The third-order valence-electron chi connectivity index (χ3n) is 3.06. The van der Waals surface area contributed by atoms with Crippen LogP contribution in [0.1, 0.15) is 26.3 Å². The van der Waals surface area contributed by atoms with Gasteiger partial charge in [0.2, 0.25) is 0 Å². The highest BCUT2D eigenvalue weighted by atomic mass is 16.5. The number of hydrogen-bond donors (Lipinski definition) is 2. The summed E-state index contributed by atoms with van der Waals surface area (Å²) < 4.78 is 4.62. The molecule has 2 rings (SSSR count). The lowest BCUT2D eigenvalue weighted by Gasteiger charge is -2.09. The molecular weight excluding hydrogens is 268 g/mol.